The summed E-state index contributed by atoms with van der Waals surface area (Å²) in [6.45, 7) is 42.6. The van der Waals surface area contributed by atoms with Gasteiger partial charge in [0.25, 0.3) is 5.56 Å². The second-order valence-corrected chi connectivity index (χ2v) is 38.7. The molecular weight excluding hydrogens is 2200 g/mol. The van der Waals surface area contributed by atoms with Crippen molar-refractivity contribution in [3.63, 3.8) is 0 Å². The number of alkyl halides is 1. The van der Waals surface area contributed by atoms with Gasteiger partial charge in [0.2, 0.25) is 47.4 Å². The van der Waals surface area contributed by atoms with Gasteiger partial charge in [0.1, 0.15) is 22.5 Å². The summed E-state index contributed by atoms with van der Waals surface area (Å²) in [6, 6.07) is 47.6. The number of aromatic nitrogens is 10. The first kappa shape index (κ1) is 119. The summed E-state index contributed by atoms with van der Waals surface area (Å²) < 4.78 is 46.7. The van der Waals surface area contributed by atoms with Crippen LogP contribution >= 0.6 is 107 Å². The number of ketones is 3. The van der Waals surface area contributed by atoms with Gasteiger partial charge < -0.3 is 47.7 Å². The maximum absolute atomic E-state index is 13.2. The van der Waals surface area contributed by atoms with E-state index in [1.54, 1.807) is 70.6 Å². The van der Waals surface area contributed by atoms with E-state index in [0.717, 1.165) is 73.3 Å². The summed E-state index contributed by atoms with van der Waals surface area (Å²) in [4.78, 5) is 104. The van der Waals surface area contributed by atoms with Crippen LogP contribution in [0.4, 0.5) is 0 Å². The van der Waals surface area contributed by atoms with Crippen molar-refractivity contribution in [2.75, 3.05) is 56.9 Å². The lowest BCUT2D eigenvalue weighted by molar-refractivity contribution is 0.102. The summed E-state index contributed by atoms with van der Waals surface area (Å²) in [5.41, 5.74) is 18.1. The van der Waals surface area contributed by atoms with E-state index in [2.05, 4.69) is 214 Å². The molecule has 0 saturated heterocycles. The number of hydrogen-bond donors (Lipinski definition) is 2. The van der Waals surface area contributed by atoms with Gasteiger partial charge in [-0.3, -0.25) is 24.2 Å². The molecule has 0 fully saturated rings. The van der Waals surface area contributed by atoms with Crippen LogP contribution in [0.2, 0.25) is 5.15 Å². The minimum absolute atomic E-state index is 0.000405. The van der Waals surface area contributed by atoms with Crippen LogP contribution in [-0.2, 0) is 11.9 Å². The van der Waals surface area contributed by atoms with E-state index in [0.29, 0.717) is 80.0 Å². The van der Waals surface area contributed by atoms with Crippen molar-refractivity contribution < 1.29 is 52.3 Å². The third-order valence-electron chi connectivity index (χ3n) is 19.9. The highest BCUT2D eigenvalue weighted by atomic mass is 79.9. The lowest BCUT2D eigenvalue weighted by Crippen LogP contribution is -2.30. The molecule has 1 atom stereocenters. The van der Waals surface area contributed by atoms with Crippen molar-refractivity contribution in [2.45, 2.75) is 172 Å². The standard InChI is InChI=1S/C20H21N3O3.C18H20BrN3O2.C18H17N3O3.C17H19BrN2O3.C9H8BrN.C9H13ClN2O2.C8H8Br2.C8H9Br/c1-12(2)16-17(22-20(26-5)23-19(16)25-4)18(24)15-10-13(3)9-14(11-15)7-6-8-21;1-10(2)15-16(21-18(24-5)22-17(15)23-4)14(9-20)12-6-11(3)7-13(19)8-12;1-10(2)14-15(20-18(24)21-17(14)23)16(22)13-8-11(3)7-12(9-13)5-4-6-19;1-9(2)13-14(19-17(23-5)20-16(13)22-4)15(21)11-6-10(3)7-12(18)8-11;1-7-3-8(6-11-2)5-9(10)4-7;1-5(2)6-7(10)11-9(14-4)12-8(6)13-3;1-6-2-7(5-9)4-8(10)3-6;1-6-3-7(2)5-8(9)4-6/h6-7,9-12H,1-5H3;6-8,10,14H,1-5H3;4-5,7-10H,1-3H3,(H2,20,21,23,24);6-9H,1-5H3;3-5H,6H2,1H3;5H,1-4H3;2-4H,5H2,1H3;3-5H,1-2H3/b7-6+;;5-4+;;;;;. The number of hydrogen-bond acceptors (Lipinski definition) is 24. The Bertz CT molecular complexity index is 6650. The number of carbonyl (C=O) groups is 3. The Morgan fingerprint density at radius 3 is 1.11 bits per heavy atom. The molecule has 5 heterocycles. The Labute approximate surface area is 880 Å². The van der Waals surface area contributed by atoms with Crippen LogP contribution in [0.1, 0.15) is 259 Å². The van der Waals surface area contributed by atoms with Crippen molar-refractivity contribution in [3.05, 3.63) is 339 Å². The second kappa shape index (κ2) is 58.7. The van der Waals surface area contributed by atoms with E-state index < -0.39 is 23.0 Å². The number of carbonyl (C=O) groups excluding carboxylic acids is 3. The van der Waals surface area contributed by atoms with E-state index in [-0.39, 0.29) is 82.1 Å². The number of H-pyrrole nitrogens is 2. The second-order valence-electron chi connectivity index (χ2n) is 33.2. The zero-order valence-corrected chi connectivity index (χ0v) is 93.9. The molecule has 2 N–H and O–H groups in total. The number of nitrogens with zero attached hydrogens (tertiary/aromatic N) is 12. The number of halogens is 7. The minimum Gasteiger partial charge on any atom is -0.481 e. The maximum atomic E-state index is 13.2. The van der Waals surface area contributed by atoms with Crippen LogP contribution in [0.3, 0.4) is 0 Å². The first-order chi connectivity index (χ1) is 66.7. The van der Waals surface area contributed by atoms with Crippen molar-refractivity contribution in [1.29, 1.82) is 15.8 Å². The van der Waals surface area contributed by atoms with Gasteiger partial charge in [-0.15, -0.1) is 0 Å². The smallest absolute Gasteiger partial charge is 0.326 e. The summed E-state index contributed by atoms with van der Waals surface area (Å²) in [5, 5.41) is 28.5. The average molecular weight is 2320 g/mol. The molecule has 12 aromatic rings. The molecule has 34 heteroatoms. The number of rotatable bonds is 25. The van der Waals surface area contributed by atoms with E-state index in [9.17, 15) is 29.2 Å². The van der Waals surface area contributed by atoms with Crippen molar-refractivity contribution in [3.8, 4) is 65.8 Å². The molecule has 1 unspecified atom stereocenters. The van der Waals surface area contributed by atoms with Crippen LogP contribution in [0.15, 0.2) is 171 Å². The first-order valence-corrected chi connectivity index (χ1v) is 49.3. The molecule has 0 saturated carbocycles. The Balaban J connectivity index is 0.000000291. The number of benzene rings is 7. The van der Waals surface area contributed by atoms with Crippen LogP contribution in [0, 0.1) is 96.0 Å². The van der Waals surface area contributed by atoms with Crippen LogP contribution in [-0.4, -0.2) is 124 Å². The molecule has 0 aliphatic carbocycles. The topological polar surface area (TPSA) is 370 Å². The fourth-order valence-corrected chi connectivity index (χ4v) is 18.2. The number of nitriles is 3. The number of aryl methyl sites for hydroxylation is 8. The summed E-state index contributed by atoms with van der Waals surface area (Å²) >= 11 is 26.5. The fourth-order valence-electron chi connectivity index (χ4n) is 14.2. The highest BCUT2D eigenvalue weighted by Crippen LogP contribution is 2.39. The average Bonchev–Trinajstić information content (AvgIpc) is 0.788. The van der Waals surface area contributed by atoms with E-state index >= 15 is 0 Å². The Morgan fingerprint density at radius 2 is 0.738 bits per heavy atom. The monoisotopic (exact) mass is 2310 g/mol. The summed E-state index contributed by atoms with van der Waals surface area (Å²) in [5.74, 6) is 0.299. The molecule has 0 bridgehead atoms. The Morgan fingerprint density at radius 1 is 0.397 bits per heavy atom. The molecule has 0 amide bonds. The minimum atomic E-state index is -0.718. The number of allylic oxidation sites excluding steroid dienone is 2. The maximum Gasteiger partial charge on any atom is 0.326 e. The third-order valence-corrected chi connectivity index (χ3v) is 23.1. The van der Waals surface area contributed by atoms with Gasteiger partial charge in [-0.1, -0.05) is 207 Å². The molecule has 0 radical (unpaired) electrons. The molecule has 141 heavy (non-hydrogen) atoms. The molecule has 7 aromatic carbocycles. The van der Waals surface area contributed by atoms with E-state index in [4.69, 9.17) is 66.6 Å². The molecule has 0 aliphatic rings. The van der Waals surface area contributed by atoms with Crippen molar-refractivity contribution in [1.82, 2.24) is 49.8 Å². The van der Waals surface area contributed by atoms with Crippen LogP contribution < -0.4 is 49.1 Å². The summed E-state index contributed by atoms with van der Waals surface area (Å²) in [6.07, 6.45) is 5.94. The first-order valence-electron chi connectivity index (χ1n) is 43.8. The van der Waals surface area contributed by atoms with Crippen LogP contribution in [0.25, 0.3) is 17.0 Å². The van der Waals surface area contributed by atoms with Gasteiger partial charge in [0, 0.05) is 84.4 Å². The molecule has 12 rings (SSSR count). The summed E-state index contributed by atoms with van der Waals surface area (Å²) in [7, 11) is 12.0. The van der Waals surface area contributed by atoms with Gasteiger partial charge in [-0.2, -0.15) is 55.7 Å². The van der Waals surface area contributed by atoms with E-state index in [1.165, 1.54) is 87.1 Å². The Hall–Kier alpha value is -12.4. The number of nitrogens with one attached hydrogen (secondary N) is 2. The zero-order valence-electron chi connectivity index (χ0n) is 83.6. The Kier molecular flexibility index (Phi) is 49.6. The zero-order chi connectivity index (χ0) is 106. The van der Waals surface area contributed by atoms with E-state index in [1.807, 2.05) is 163 Å². The predicted octanol–water partition coefficient (Wildman–Crippen LogP) is 26.4. The van der Waals surface area contributed by atoms with Gasteiger partial charge in [0.15, 0.2) is 0 Å². The quantitative estimate of drug-likeness (QED) is 0.0176. The van der Waals surface area contributed by atoms with Gasteiger partial charge in [0.05, 0.1) is 92.0 Å². The molecule has 0 spiro atoms. The molecule has 5 aromatic heterocycles. The van der Waals surface area contributed by atoms with Gasteiger partial charge in [-0.25, -0.2) is 11.4 Å². The lowest BCUT2D eigenvalue weighted by Gasteiger charge is -2.19. The van der Waals surface area contributed by atoms with Crippen molar-refractivity contribution in [2.24, 2.45) is 0 Å². The highest BCUT2D eigenvalue weighted by Gasteiger charge is 2.30. The number of methoxy groups -OCH3 is 8. The largest absolute Gasteiger partial charge is 0.481 e. The normalized spacial score (nSPS) is 10.7. The van der Waals surface area contributed by atoms with Gasteiger partial charge in [-0.05, 0) is 261 Å². The van der Waals surface area contributed by atoms with Crippen LogP contribution in [0.5, 0.6) is 47.6 Å². The van der Waals surface area contributed by atoms with Crippen molar-refractivity contribution >= 4 is 137 Å². The highest BCUT2D eigenvalue weighted by molar-refractivity contribution is 9.11. The number of aromatic amines is 2. The number of ether oxygens (including phenoxy) is 8. The third kappa shape index (κ3) is 36.6. The SMILES string of the molecule is COc1nc(Cl)c(C(C)C)c(OC)n1.COc1nc(OC)c(C(C)C)c(C(=O)c2cc(C)cc(/C=C/C#N)c2)n1.COc1nc(OC)c(C(C)C)c(C(=O)c2cc(C)cc(Br)c2)n1.COc1nc(OC)c(C(C)C)c(C(C#N)c2cc(C)cc(Br)c2)n1.Cc1cc(/C=C/C#N)cc(C(=O)c2[nH]c(=O)[nH]c(=O)c2C(C)C)c1.Cc1cc(Br)cc(CBr)c1.Cc1cc(C)cc(Br)c1.[C-]#[N+]Cc1cc(C)cc(Br)c1. The molecule has 0 aliphatic heterocycles. The van der Waals surface area contributed by atoms with Gasteiger partial charge >= 0.3 is 29.7 Å². The molecule has 27 nitrogen and oxygen atoms in total. The predicted molar refractivity (Wildman–Crippen MR) is 575 cm³/mol. The fraction of sp³-hybridized carbons (Fsp3) is 0.318. The molecular formula is C107H115Br6ClN14O13. The lowest BCUT2D eigenvalue weighted by atomic mass is 9.89. The molecule has 740 valence electrons.